The zero-order valence-electron chi connectivity index (χ0n) is 18.1. The largest absolute Gasteiger partial charge is 0.493 e. The van der Waals surface area contributed by atoms with Crippen molar-refractivity contribution in [1.29, 1.82) is 0 Å². The fourth-order valence-corrected chi connectivity index (χ4v) is 4.76. The highest BCUT2D eigenvalue weighted by molar-refractivity contribution is 8.00. The zero-order chi connectivity index (χ0) is 21.9. The number of amides is 2. The summed E-state index contributed by atoms with van der Waals surface area (Å²) in [5.74, 6) is 1.87. The monoisotopic (exact) mass is 428 g/mol. The molecular weight excluding hydrogens is 400 g/mol. The van der Waals surface area contributed by atoms with Crippen molar-refractivity contribution in [3.63, 3.8) is 0 Å². The van der Waals surface area contributed by atoms with Gasteiger partial charge in [-0.15, -0.1) is 11.8 Å². The van der Waals surface area contributed by atoms with Crippen molar-refractivity contribution >= 4 is 29.3 Å². The lowest BCUT2D eigenvalue weighted by molar-refractivity contribution is -0.142. The van der Waals surface area contributed by atoms with E-state index in [-0.39, 0.29) is 11.8 Å². The topological polar surface area (TPSA) is 67.9 Å². The van der Waals surface area contributed by atoms with Gasteiger partial charge in [0.2, 0.25) is 5.91 Å². The Morgan fingerprint density at radius 1 is 1.13 bits per heavy atom. The third-order valence-electron chi connectivity index (χ3n) is 5.50. The normalized spacial score (nSPS) is 18.8. The quantitative estimate of drug-likeness (QED) is 0.758. The van der Waals surface area contributed by atoms with Gasteiger partial charge in [0.1, 0.15) is 5.54 Å². The number of para-hydroxylation sites is 1. The molecule has 1 aliphatic rings. The Morgan fingerprint density at radius 2 is 1.80 bits per heavy atom. The van der Waals surface area contributed by atoms with Crippen LogP contribution >= 0.6 is 11.8 Å². The molecular formula is C23H28N2O4S. The van der Waals surface area contributed by atoms with Gasteiger partial charge in [-0.2, -0.15) is 0 Å². The third-order valence-corrected chi connectivity index (χ3v) is 6.72. The van der Waals surface area contributed by atoms with E-state index in [9.17, 15) is 9.59 Å². The number of nitrogens with zero attached hydrogens (tertiary/aromatic N) is 1. The molecule has 1 N–H and O–H groups in total. The first-order chi connectivity index (χ1) is 14.3. The van der Waals surface area contributed by atoms with E-state index in [0.717, 1.165) is 22.4 Å². The van der Waals surface area contributed by atoms with Crippen molar-refractivity contribution in [2.45, 2.75) is 32.9 Å². The SMILES string of the molecule is COc1ccc(CN2C(=O)CSCC2(C)C(=O)Nc2c(C)cccc2C)cc1OC. The number of hydrogen-bond acceptors (Lipinski definition) is 5. The highest BCUT2D eigenvalue weighted by atomic mass is 32.2. The van der Waals surface area contributed by atoms with E-state index in [1.165, 1.54) is 11.8 Å². The number of hydrogen-bond donors (Lipinski definition) is 1. The van der Waals surface area contributed by atoms with Gasteiger partial charge in [-0.3, -0.25) is 9.59 Å². The number of anilines is 1. The number of rotatable bonds is 6. The van der Waals surface area contributed by atoms with Crippen LogP contribution in [0.3, 0.4) is 0 Å². The lowest BCUT2D eigenvalue weighted by Gasteiger charge is -2.43. The van der Waals surface area contributed by atoms with Crippen LogP contribution in [-0.4, -0.2) is 48.0 Å². The molecule has 0 aromatic heterocycles. The van der Waals surface area contributed by atoms with Crippen LogP contribution in [0.2, 0.25) is 0 Å². The average Bonchev–Trinajstić information content (AvgIpc) is 2.73. The number of aryl methyl sites for hydroxylation is 2. The van der Waals surface area contributed by atoms with Crippen molar-refractivity contribution in [1.82, 2.24) is 4.90 Å². The molecule has 6 nitrogen and oxygen atoms in total. The van der Waals surface area contributed by atoms with E-state index in [4.69, 9.17) is 9.47 Å². The maximum absolute atomic E-state index is 13.4. The molecule has 0 bridgehead atoms. The van der Waals surface area contributed by atoms with Crippen LogP contribution in [0.1, 0.15) is 23.6 Å². The number of methoxy groups -OCH3 is 2. The number of benzene rings is 2. The van der Waals surface area contributed by atoms with Gasteiger partial charge in [-0.05, 0) is 49.6 Å². The van der Waals surface area contributed by atoms with Gasteiger partial charge >= 0.3 is 0 Å². The first kappa shape index (κ1) is 22.0. The molecule has 1 unspecified atom stereocenters. The summed E-state index contributed by atoms with van der Waals surface area (Å²) >= 11 is 1.49. The highest BCUT2D eigenvalue weighted by Crippen LogP contribution is 2.33. The molecule has 1 aliphatic heterocycles. The van der Waals surface area contributed by atoms with Crippen LogP contribution in [-0.2, 0) is 16.1 Å². The number of thioether (sulfide) groups is 1. The summed E-state index contributed by atoms with van der Waals surface area (Å²) in [6.07, 6.45) is 0. The second kappa shape index (κ2) is 9.00. The van der Waals surface area contributed by atoms with E-state index in [1.54, 1.807) is 19.1 Å². The van der Waals surface area contributed by atoms with Gasteiger partial charge in [0.25, 0.3) is 5.91 Å². The Balaban J connectivity index is 1.90. The molecule has 0 radical (unpaired) electrons. The Labute approximate surface area is 181 Å². The van der Waals surface area contributed by atoms with E-state index in [2.05, 4.69) is 5.32 Å². The summed E-state index contributed by atoms with van der Waals surface area (Å²) < 4.78 is 10.7. The van der Waals surface area contributed by atoms with E-state index in [1.807, 2.05) is 57.2 Å². The lowest BCUT2D eigenvalue weighted by atomic mass is 9.98. The van der Waals surface area contributed by atoms with Crippen LogP contribution < -0.4 is 14.8 Å². The molecule has 0 saturated carbocycles. The van der Waals surface area contributed by atoms with Crippen molar-refractivity contribution in [2.75, 3.05) is 31.0 Å². The summed E-state index contributed by atoms with van der Waals surface area (Å²) in [5.41, 5.74) is 2.69. The second-order valence-corrected chi connectivity index (χ2v) is 8.64. The summed E-state index contributed by atoms with van der Waals surface area (Å²) in [5, 5.41) is 3.07. The predicted molar refractivity (Wildman–Crippen MR) is 120 cm³/mol. The second-order valence-electron chi connectivity index (χ2n) is 7.66. The maximum Gasteiger partial charge on any atom is 0.250 e. The molecule has 1 atom stereocenters. The molecule has 0 aliphatic carbocycles. The van der Waals surface area contributed by atoms with Gasteiger partial charge in [-0.25, -0.2) is 0 Å². The lowest BCUT2D eigenvalue weighted by Crippen LogP contribution is -2.61. The first-order valence-corrected chi connectivity index (χ1v) is 10.9. The number of nitrogens with one attached hydrogen (secondary N) is 1. The Bertz CT molecular complexity index is 942. The fourth-order valence-electron chi connectivity index (χ4n) is 3.64. The molecule has 7 heteroatoms. The number of carbonyl (C=O) groups is 2. The van der Waals surface area contributed by atoms with Gasteiger partial charge in [-0.1, -0.05) is 24.3 Å². The molecule has 0 spiro atoms. The molecule has 1 saturated heterocycles. The molecule has 2 aromatic rings. The molecule has 2 amide bonds. The minimum atomic E-state index is -0.970. The Kier molecular flexibility index (Phi) is 6.61. The van der Waals surface area contributed by atoms with Gasteiger partial charge in [0.15, 0.2) is 11.5 Å². The maximum atomic E-state index is 13.4. The van der Waals surface area contributed by atoms with Crippen molar-refractivity contribution < 1.29 is 19.1 Å². The summed E-state index contributed by atoms with van der Waals surface area (Å²) in [6.45, 7) is 6.08. The van der Waals surface area contributed by atoms with E-state index >= 15 is 0 Å². The molecule has 30 heavy (non-hydrogen) atoms. The van der Waals surface area contributed by atoms with Gasteiger partial charge in [0, 0.05) is 18.0 Å². The molecule has 3 rings (SSSR count). The smallest absolute Gasteiger partial charge is 0.250 e. The minimum Gasteiger partial charge on any atom is -0.493 e. The standard InChI is InChI=1S/C23H28N2O4S/c1-15-7-6-8-16(2)21(15)24-22(27)23(3)14-30-13-20(26)25(23)12-17-9-10-18(28-4)19(11-17)29-5/h6-11H,12-14H2,1-5H3,(H,24,27). The Morgan fingerprint density at radius 3 is 2.43 bits per heavy atom. The predicted octanol–water partition coefficient (Wildman–Crippen LogP) is 3.79. The number of carbonyl (C=O) groups excluding carboxylic acids is 2. The average molecular weight is 429 g/mol. The molecule has 1 fully saturated rings. The van der Waals surface area contributed by atoms with E-state index in [0.29, 0.717) is 29.5 Å². The minimum absolute atomic E-state index is 0.0554. The van der Waals surface area contributed by atoms with Crippen molar-refractivity contribution in [2.24, 2.45) is 0 Å². The summed E-state index contributed by atoms with van der Waals surface area (Å²) in [6, 6.07) is 11.4. The van der Waals surface area contributed by atoms with Crippen LogP contribution in [0, 0.1) is 13.8 Å². The van der Waals surface area contributed by atoms with Gasteiger partial charge in [0.05, 0.1) is 20.0 Å². The Hall–Kier alpha value is -2.67. The highest BCUT2D eigenvalue weighted by Gasteiger charge is 2.45. The number of ether oxygens (including phenoxy) is 2. The molecule has 2 aromatic carbocycles. The van der Waals surface area contributed by atoms with Crippen LogP contribution in [0.15, 0.2) is 36.4 Å². The fraction of sp³-hybridized carbons (Fsp3) is 0.391. The van der Waals surface area contributed by atoms with Crippen LogP contribution in [0.4, 0.5) is 5.69 Å². The van der Waals surface area contributed by atoms with Crippen LogP contribution in [0.5, 0.6) is 11.5 Å². The van der Waals surface area contributed by atoms with Crippen LogP contribution in [0.25, 0.3) is 0 Å². The third kappa shape index (κ3) is 4.26. The molecule has 1 heterocycles. The van der Waals surface area contributed by atoms with Gasteiger partial charge < -0.3 is 19.7 Å². The molecule has 160 valence electrons. The summed E-state index contributed by atoms with van der Waals surface area (Å²) in [4.78, 5) is 27.9. The zero-order valence-corrected chi connectivity index (χ0v) is 18.9. The van der Waals surface area contributed by atoms with E-state index < -0.39 is 5.54 Å². The van der Waals surface area contributed by atoms with Crippen molar-refractivity contribution in [3.8, 4) is 11.5 Å². The first-order valence-electron chi connectivity index (χ1n) is 9.77. The summed E-state index contributed by atoms with van der Waals surface area (Å²) in [7, 11) is 3.16. The van der Waals surface area contributed by atoms with Crippen molar-refractivity contribution in [3.05, 3.63) is 53.1 Å².